The molecule has 0 heterocycles. The summed E-state index contributed by atoms with van der Waals surface area (Å²) in [6.07, 6.45) is 0. The van der Waals surface area contributed by atoms with E-state index in [0.717, 1.165) is 13.8 Å². The summed E-state index contributed by atoms with van der Waals surface area (Å²) in [6, 6.07) is 0. The number of rotatable bonds is 4. The summed E-state index contributed by atoms with van der Waals surface area (Å²) in [5, 5.41) is 37.4. The van der Waals surface area contributed by atoms with Gasteiger partial charge in [0.25, 0.3) is 0 Å². The van der Waals surface area contributed by atoms with Crippen molar-refractivity contribution >= 4 is 35.4 Å². The van der Waals surface area contributed by atoms with Crippen molar-refractivity contribution in [3.05, 3.63) is 0 Å². The first-order valence-electron chi connectivity index (χ1n) is 6.83. The van der Waals surface area contributed by atoms with Crippen LogP contribution in [0.4, 0.5) is 0 Å². The van der Waals surface area contributed by atoms with E-state index < -0.39 is 69.9 Å². The molecule has 4 N–H and O–H groups in total. The molecule has 10 heteroatoms. The van der Waals surface area contributed by atoms with E-state index in [2.05, 4.69) is 0 Å². The van der Waals surface area contributed by atoms with E-state index in [0.29, 0.717) is 0 Å². The zero-order chi connectivity index (χ0) is 18.8. The molecule has 0 aromatic rings. The molecule has 2 rings (SSSR count). The summed E-state index contributed by atoms with van der Waals surface area (Å²) in [5.41, 5.74) is -4.38. The van der Waals surface area contributed by atoms with Gasteiger partial charge in [0.1, 0.15) is 23.7 Å². The molecule has 0 aromatic heterocycles. The summed E-state index contributed by atoms with van der Waals surface area (Å²) in [4.78, 5) is 71.0. The fourth-order valence-electron chi connectivity index (χ4n) is 4.61. The lowest BCUT2D eigenvalue weighted by atomic mass is 9.59. The van der Waals surface area contributed by atoms with Crippen LogP contribution in [0.15, 0.2) is 0 Å². The monoisotopic (exact) mass is 342 g/mol. The van der Waals surface area contributed by atoms with E-state index in [1.54, 1.807) is 0 Å². The van der Waals surface area contributed by atoms with Gasteiger partial charge in [0, 0.05) is 10.8 Å². The van der Waals surface area contributed by atoms with Gasteiger partial charge in [0.2, 0.25) is 0 Å². The van der Waals surface area contributed by atoms with Crippen LogP contribution in [-0.4, -0.2) is 55.9 Å². The number of carboxylic acid groups (broad SMARTS) is 4. The highest BCUT2D eigenvalue weighted by atomic mass is 16.4. The quantitative estimate of drug-likeness (QED) is 0.460. The average molecular weight is 342 g/mol. The minimum atomic E-state index is -2.19. The molecule has 24 heavy (non-hydrogen) atoms. The molecule has 0 aromatic carbocycles. The van der Waals surface area contributed by atoms with E-state index in [1.807, 2.05) is 0 Å². The lowest BCUT2D eigenvalue weighted by molar-refractivity contribution is -0.161. The summed E-state index contributed by atoms with van der Waals surface area (Å²) in [5.74, 6) is -18.2. The molecule has 4 unspecified atom stereocenters. The fourth-order valence-corrected chi connectivity index (χ4v) is 4.61. The number of carbonyl (C=O) groups is 6. The molecule has 0 amide bonds. The zero-order valence-corrected chi connectivity index (χ0v) is 12.5. The topological polar surface area (TPSA) is 183 Å². The highest BCUT2D eigenvalue weighted by Gasteiger charge is 2.82. The Morgan fingerprint density at radius 1 is 0.625 bits per heavy atom. The Bertz CT molecular complexity index is 596. The van der Waals surface area contributed by atoms with Crippen molar-refractivity contribution in [3.8, 4) is 0 Å². The molecular formula is C14H14O10. The van der Waals surface area contributed by atoms with Crippen molar-refractivity contribution in [1.82, 2.24) is 0 Å². The van der Waals surface area contributed by atoms with E-state index in [-0.39, 0.29) is 0 Å². The molecule has 0 saturated heterocycles. The molecule has 2 aliphatic carbocycles. The van der Waals surface area contributed by atoms with Crippen LogP contribution in [0.1, 0.15) is 13.8 Å². The smallest absolute Gasteiger partial charge is 0.314 e. The van der Waals surface area contributed by atoms with Gasteiger partial charge in [0.05, 0.1) is 0 Å². The second kappa shape index (κ2) is 4.86. The number of hydrogen-bond donors (Lipinski definition) is 4. The second-order valence-electron chi connectivity index (χ2n) is 6.46. The van der Waals surface area contributed by atoms with Crippen LogP contribution in [0.25, 0.3) is 0 Å². The highest BCUT2D eigenvalue weighted by molar-refractivity contribution is 6.19. The molecule has 0 spiro atoms. The predicted molar refractivity (Wildman–Crippen MR) is 70.7 cm³/mol. The first kappa shape index (κ1) is 17.6. The maximum atomic E-state index is 12.4. The van der Waals surface area contributed by atoms with Gasteiger partial charge in [-0.15, -0.1) is 0 Å². The summed E-state index contributed by atoms with van der Waals surface area (Å²) < 4.78 is 0. The molecule has 0 aliphatic heterocycles. The minimum Gasteiger partial charge on any atom is -0.481 e. The average Bonchev–Trinajstić information content (AvgIpc) is 2.63. The number of ketones is 2. The van der Waals surface area contributed by atoms with Crippen molar-refractivity contribution in [2.45, 2.75) is 13.8 Å². The standard InChI is InChI=1S/C14H14O10/c1-13-3(9(17)18)7(15)5(11(21)22)14(13,2)6(12(23)24)8(16)4(13)10(19)20/h3-6H,1-2H3,(H,17,18)(H,19,20)(H,21,22)(H,23,24). The highest BCUT2D eigenvalue weighted by Crippen LogP contribution is 2.69. The first-order chi connectivity index (χ1) is 10.8. The maximum Gasteiger partial charge on any atom is 0.314 e. The van der Waals surface area contributed by atoms with E-state index in [9.17, 15) is 49.2 Å². The van der Waals surface area contributed by atoms with Crippen LogP contribution in [0.5, 0.6) is 0 Å². The number of carboxylic acids is 4. The van der Waals surface area contributed by atoms with E-state index in [1.165, 1.54) is 0 Å². The Hall–Kier alpha value is -2.78. The third-order valence-electron chi connectivity index (χ3n) is 5.69. The predicted octanol–water partition coefficient (Wildman–Crippen LogP) is -1.03. The summed E-state index contributed by atoms with van der Waals surface area (Å²) in [7, 11) is 0. The minimum absolute atomic E-state index is 0.992. The molecule has 0 bridgehead atoms. The zero-order valence-electron chi connectivity index (χ0n) is 12.5. The van der Waals surface area contributed by atoms with Crippen LogP contribution in [-0.2, 0) is 28.8 Å². The van der Waals surface area contributed by atoms with Gasteiger partial charge in [-0.2, -0.15) is 0 Å². The Balaban J connectivity index is 2.92. The molecular weight excluding hydrogens is 328 g/mol. The number of hydrogen-bond acceptors (Lipinski definition) is 6. The molecule has 2 saturated carbocycles. The van der Waals surface area contributed by atoms with Crippen LogP contribution in [0, 0.1) is 34.5 Å². The molecule has 0 radical (unpaired) electrons. The molecule has 2 fully saturated rings. The van der Waals surface area contributed by atoms with Crippen molar-refractivity contribution in [1.29, 1.82) is 0 Å². The van der Waals surface area contributed by atoms with Gasteiger partial charge in [0.15, 0.2) is 11.6 Å². The largest absolute Gasteiger partial charge is 0.481 e. The first-order valence-corrected chi connectivity index (χ1v) is 6.83. The Labute approximate surface area is 134 Å². The van der Waals surface area contributed by atoms with Gasteiger partial charge in [-0.25, -0.2) is 0 Å². The van der Waals surface area contributed by atoms with E-state index in [4.69, 9.17) is 0 Å². The number of aliphatic carboxylic acids is 4. The third-order valence-corrected chi connectivity index (χ3v) is 5.69. The van der Waals surface area contributed by atoms with Gasteiger partial charge in [-0.3, -0.25) is 28.8 Å². The van der Waals surface area contributed by atoms with Crippen LogP contribution >= 0.6 is 0 Å². The molecule has 2 aliphatic rings. The Kier molecular flexibility index (Phi) is 3.56. The summed E-state index contributed by atoms with van der Waals surface area (Å²) in [6.45, 7) is 1.98. The number of fused-ring (bicyclic) bond motifs is 1. The maximum absolute atomic E-state index is 12.4. The number of carbonyl (C=O) groups excluding carboxylic acids is 2. The van der Waals surface area contributed by atoms with Gasteiger partial charge < -0.3 is 20.4 Å². The van der Waals surface area contributed by atoms with Crippen molar-refractivity contribution in [3.63, 3.8) is 0 Å². The lowest BCUT2D eigenvalue weighted by Crippen LogP contribution is -2.48. The Morgan fingerprint density at radius 3 is 0.917 bits per heavy atom. The fraction of sp³-hybridized carbons (Fsp3) is 0.571. The van der Waals surface area contributed by atoms with Gasteiger partial charge >= 0.3 is 23.9 Å². The lowest BCUT2D eigenvalue weighted by Gasteiger charge is -2.40. The second-order valence-corrected chi connectivity index (χ2v) is 6.46. The van der Waals surface area contributed by atoms with Crippen molar-refractivity contribution < 1.29 is 49.2 Å². The van der Waals surface area contributed by atoms with Gasteiger partial charge in [-0.05, 0) is 0 Å². The van der Waals surface area contributed by atoms with Crippen LogP contribution in [0.3, 0.4) is 0 Å². The Morgan fingerprint density at radius 2 is 0.792 bits per heavy atom. The number of Topliss-reactive ketones (excluding diaryl/α,β-unsaturated/α-hetero) is 2. The molecule has 130 valence electrons. The molecule has 10 nitrogen and oxygen atoms in total. The third kappa shape index (κ3) is 1.65. The SMILES string of the molecule is CC12C(C(=O)O)C(=O)C(C(=O)O)C1(C)C(C(=O)O)C(=O)C2C(=O)O. The van der Waals surface area contributed by atoms with Gasteiger partial charge in [-0.1, -0.05) is 13.8 Å². The summed E-state index contributed by atoms with van der Waals surface area (Å²) >= 11 is 0. The van der Waals surface area contributed by atoms with E-state index >= 15 is 0 Å². The normalized spacial score (nSPS) is 41.1. The van der Waals surface area contributed by atoms with Crippen LogP contribution in [0.2, 0.25) is 0 Å². The van der Waals surface area contributed by atoms with Crippen LogP contribution < -0.4 is 0 Å². The van der Waals surface area contributed by atoms with Crippen molar-refractivity contribution in [2.75, 3.05) is 0 Å². The molecule has 4 atom stereocenters. The van der Waals surface area contributed by atoms with Crippen molar-refractivity contribution in [2.24, 2.45) is 34.5 Å².